The van der Waals surface area contributed by atoms with Gasteiger partial charge in [-0.2, -0.15) is 4.31 Å². The molecule has 2 aromatic rings. The van der Waals surface area contributed by atoms with Crippen LogP contribution in [0, 0.1) is 5.92 Å². The van der Waals surface area contributed by atoms with Gasteiger partial charge in [-0.3, -0.25) is 4.79 Å². The summed E-state index contributed by atoms with van der Waals surface area (Å²) in [5, 5.41) is 12.3. The minimum Gasteiger partial charge on any atom is -0.494 e. The van der Waals surface area contributed by atoms with Gasteiger partial charge in [-0.25, -0.2) is 8.42 Å². The van der Waals surface area contributed by atoms with Crippen molar-refractivity contribution >= 4 is 32.4 Å². The number of hydrogen-bond acceptors (Lipinski definition) is 7. The molecule has 0 aliphatic carbocycles. The third kappa shape index (κ3) is 5.31. The third-order valence-electron chi connectivity index (χ3n) is 4.76. The number of amides is 1. The highest BCUT2D eigenvalue weighted by atomic mass is 32.2. The molecule has 2 heterocycles. The van der Waals surface area contributed by atoms with E-state index < -0.39 is 10.0 Å². The Morgan fingerprint density at radius 2 is 1.90 bits per heavy atom. The van der Waals surface area contributed by atoms with Gasteiger partial charge in [0.1, 0.15) is 10.8 Å². The van der Waals surface area contributed by atoms with Crippen molar-refractivity contribution in [3.05, 3.63) is 29.3 Å². The number of benzene rings is 1. The number of nitrogens with zero attached hydrogens (tertiary/aromatic N) is 3. The Balaban J connectivity index is 1.56. The zero-order valence-corrected chi connectivity index (χ0v) is 18.3. The summed E-state index contributed by atoms with van der Waals surface area (Å²) in [5.74, 6) is 0.281. The standard InChI is InChI=1S/C19H26N4O4S2/c1-3-5-17-21-22-19(28-17)20-18(24)14-10-12-23(13-11-14)29(25,26)16-8-6-15(7-9-16)27-4-2/h6-9,14H,3-5,10-13H2,1-2H3,(H,20,22,24). The molecule has 10 heteroatoms. The van der Waals surface area contributed by atoms with Crippen molar-refractivity contribution in [2.45, 2.75) is 44.4 Å². The number of carbonyl (C=O) groups is 1. The fraction of sp³-hybridized carbons (Fsp3) is 0.526. The third-order valence-corrected chi connectivity index (χ3v) is 7.57. The number of nitrogens with one attached hydrogen (secondary N) is 1. The molecule has 0 radical (unpaired) electrons. The predicted molar refractivity (Wildman–Crippen MR) is 112 cm³/mol. The first-order valence-corrected chi connectivity index (χ1v) is 12.1. The monoisotopic (exact) mass is 438 g/mol. The predicted octanol–water partition coefficient (Wildman–Crippen LogP) is 2.93. The van der Waals surface area contributed by atoms with Crippen LogP contribution in [0.2, 0.25) is 0 Å². The van der Waals surface area contributed by atoms with Gasteiger partial charge in [0.15, 0.2) is 0 Å². The molecule has 1 aromatic carbocycles. The lowest BCUT2D eigenvalue weighted by Gasteiger charge is -2.30. The molecule has 0 atom stereocenters. The van der Waals surface area contributed by atoms with E-state index in [1.165, 1.54) is 15.6 Å². The van der Waals surface area contributed by atoms with Crippen LogP contribution in [0.3, 0.4) is 0 Å². The van der Waals surface area contributed by atoms with Crippen LogP contribution in [0.5, 0.6) is 5.75 Å². The van der Waals surface area contributed by atoms with Gasteiger partial charge in [0.2, 0.25) is 21.1 Å². The van der Waals surface area contributed by atoms with E-state index in [4.69, 9.17) is 4.74 Å². The first-order chi connectivity index (χ1) is 13.9. The Hall–Kier alpha value is -2.04. The fourth-order valence-corrected chi connectivity index (χ4v) is 5.52. The average Bonchev–Trinajstić information content (AvgIpc) is 3.16. The molecule has 0 unspecified atom stereocenters. The van der Waals surface area contributed by atoms with E-state index in [1.807, 2.05) is 6.92 Å². The van der Waals surface area contributed by atoms with Crippen LogP contribution in [0.25, 0.3) is 0 Å². The van der Waals surface area contributed by atoms with Gasteiger partial charge >= 0.3 is 0 Å². The second-order valence-corrected chi connectivity index (χ2v) is 9.82. The van der Waals surface area contributed by atoms with Crippen LogP contribution in [0.1, 0.15) is 38.1 Å². The molecule has 0 spiro atoms. The van der Waals surface area contributed by atoms with E-state index in [2.05, 4.69) is 22.4 Å². The molecular formula is C19H26N4O4S2. The summed E-state index contributed by atoms with van der Waals surface area (Å²) in [5.41, 5.74) is 0. The molecular weight excluding hydrogens is 412 g/mol. The van der Waals surface area contributed by atoms with Gasteiger partial charge < -0.3 is 10.1 Å². The molecule has 1 aliphatic rings. The largest absolute Gasteiger partial charge is 0.494 e. The lowest BCUT2D eigenvalue weighted by atomic mass is 9.97. The summed E-state index contributed by atoms with van der Waals surface area (Å²) >= 11 is 1.39. The summed E-state index contributed by atoms with van der Waals surface area (Å²) < 4.78 is 32.5. The number of sulfonamides is 1. The fourth-order valence-electron chi connectivity index (χ4n) is 3.21. The molecule has 29 heavy (non-hydrogen) atoms. The number of carbonyl (C=O) groups excluding carboxylic acids is 1. The van der Waals surface area contributed by atoms with E-state index in [9.17, 15) is 13.2 Å². The molecule has 1 amide bonds. The second-order valence-electron chi connectivity index (χ2n) is 6.82. The average molecular weight is 439 g/mol. The number of ether oxygens (including phenoxy) is 1. The van der Waals surface area contributed by atoms with E-state index in [-0.39, 0.29) is 16.7 Å². The molecule has 1 aromatic heterocycles. The summed E-state index contributed by atoms with van der Waals surface area (Å²) in [7, 11) is -3.58. The number of rotatable bonds is 8. The first kappa shape index (κ1) is 21.7. The smallest absolute Gasteiger partial charge is 0.243 e. The topological polar surface area (TPSA) is 101 Å². The highest BCUT2D eigenvalue weighted by Crippen LogP contribution is 2.26. The van der Waals surface area contributed by atoms with Crippen molar-refractivity contribution in [3.8, 4) is 5.75 Å². The number of aryl methyl sites for hydroxylation is 1. The summed E-state index contributed by atoms with van der Waals surface area (Å²) in [6, 6.07) is 6.43. The summed E-state index contributed by atoms with van der Waals surface area (Å²) in [6.07, 6.45) is 2.77. The van der Waals surface area contributed by atoms with Crippen LogP contribution < -0.4 is 10.1 Å². The number of aromatic nitrogens is 2. The zero-order valence-electron chi connectivity index (χ0n) is 16.6. The summed E-state index contributed by atoms with van der Waals surface area (Å²) in [4.78, 5) is 12.7. The van der Waals surface area contributed by atoms with Crippen molar-refractivity contribution in [1.29, 1.82) is 0 Å². The van der Waals surface area contributed by atoms with Gasteiger partial charge in [0.25, 0.3) is 0 Å². The van der Waals surface area contributed by atoms with Crippen LogP contribution in [0.15, 0.2) is 29.2 Å². The Kier molecular flexibility index (Phi) is 7.20. The Morgan fingerprint density at radius 1 is 1.21 bits per heavy atom. The van der Waals surface area contributed by atoms with Crippen molar-refractivity contribution in [2.24, 2.45) is 5.92 Å². The maximum absolute atomic E-state index is 12.9. The molecule has 3 rings (SSSR count). The maximum Gasteiger partial charge on any atom is 0.243 e. The number of hydrogen-bond donors (Lipinski definition) is 1. The maximum atomic E-state index is 12.9. The molecule has 1 N–H and O–H groups in total. The first-order valence-electron chi connectivity index (χ1n) is 9.80. The Bertz CT molecular complexity index is 920. The molecule has 8 nitrogen and oxygen atoms in total. The molecule has 158 valence electrons. The van der Waals surface area contributed by atoms with Gasteiger partial charge in [0.05, 0.1) is 11.5 Å². The van der Waals surface area contributed by atoms with Crippen LogP contribution >= 0.6 is 11.3 Å². The van der Waals surface area contributed by atoms with Crippen molar-refractivity contribution in [2.75, 3.05) is 25.0 Å². The minimum atomic E-state index is -3.58. The highest BCUT2D eigenvalue weighted by molar-refractivity contribution is 7.89. The Morgan fingerprint density at radius 3 is 2.52 bits per heavy atom. The zero-order chi connectivity index (χ0) is 20.9. The van der Waals surface area contributed by atoms with E-state index >= 15 is 0 Å². The normalized spacial score (nSPS) is 15.9. The molecule has 0 bridgehead atoms. The number of piperidine rings is 1. The SMILES string of the molecule is CCCc1nnc(NC(=O)C2CCN(S(=O)(=O)c3ccc(OCC)cc3)CC2)s1. The van der Waals surface area contributed by atoms with Gasteiger partial charge in [-0.05, 0) is 50.5 Å². The van der Waals surface area contributed by atoms with Crippen molar-refractivity contribution in [3.63, 3.8) is 0 Å². The van der Waals surface area contributed by atoms with Gasteiger partial charge in [-0.1, -0.05) is 18.3 Å². The molecule has 0 saturated carbocycles. The Labute approximate surface area is 175 Å². The van der Waals surface area contributed by atoms with E-state index in [0.717, 1.165) is 17.8 Å². The molecule has 1 fully saturated rings. The van der Waals surface area contributed by atoms with Crippen LogP contribution in [-0.4, -0.2) is 48.5 Å². The van der Waals surface area contributed by atoms with Crippen molar-refractivity contribution < 1.29 is 17.9 Å². The van der Waals surface area contributed by atoms with E-state index in [1.54, 1.807) is 24.3 Å². The quantitative estimate of drug-likeness (QED) is 0.680. The van der Waals surface area contributed by atoms with Crippen molar-refractivity contribution in [1.82, 2.24) is 14.5 Å². The minimum absolute atomic E-state index is 0.123. The van der Waals surface area contributed by atoms with Crippen LogP contribution in [0.4, 0.5) is 5.13 Å². The molecule has 1 aliphatic heterocycles. The van der Waals surface area contributed by atoms with Crippen LogP contribution in [-0.2, 0) is 21.2 Å². The molecule has 1 saturated heterocycles. The van der Waals surface area contributed by atoms with Gasteiger partial charge in [-0.15, -0.1) is 10.2 Å². The lowest BCUT2D eigenvalue weighted by molar-refractivity contribution is -0.120. The number of anilines is 1. The summed E-state index contributed by atoms with van der Waals surface area (Å²) in [6.45, 7) is 5.09. The highest BCUT2D eigenvalue weighted by Gasteiger charge is 2.32. The lowest BCUT2D eigenvalue weighted by Crippen LogP contribution is -2.41. The van der Waals surface area contributed by atoms with Gasteiger partial charge in [0, 0.05) is 25.4 Å². The van der Waals surface area contributed by atoms with E-state index in [0.29, 0.717) is 43.4 Å². The second kappa shape index (κ2) is 9.64.